The highest BCUT2D eigenvalue weighted by Crippen LogP contribution is 2.42. The van der Waals surface area contributed by atoms with Gasteiger partial charge in [0.2, 0.25) is 5.88 Å². The van der Waals surface area contributed by atoms with Crippen molar-refractivity contribution in [2.45, 2.75) is 32.6 Å². The summed E-state index contributed by atoms with van der Waals surface area (Å²) in [6, 6.07) is 8.03. The van der Waals surface area contributed by atoms with Crippen LogP contribution in [0.1, 0.15) is 42.5 Å². The van der Waals surface area contributed by atoms with Crippen LogP contribution in [0, 0.1) is 18.3 Å². The first-order valence-corrected chi connectivity index (χ1v) is 8.53. The number of fused-ring (bicyclic) bond motifs is 1. The molecule has 26 heavy (non-hydrogen) atoms. The molecule has 7 heteroatoms. The molecule has 0 bridgehead atoms. The summed E-state index contributed by atoms with van der Waals surface area (Å²) in [5, 5.41) is 12.5. The van der Waals surface area contributed by atoms with Crippen LogP contribution in [0.2, 0.25) is 0 Å². The summed E-state index contributed by atoms with van der Waals surface area (Å²) in [5.41, 5.74) is 8.88. The van der Waals surface area contributed by atoms with E-state index in [1.54, 1.807) is 0 Å². The molecular formula is C19H22N4O3. The highest BCUT2D eigenvalue weighted by Gasteiger charge is 2.34. The third-order valence-corrected chi connectivity index (χ3v) is 4.32. The van der Waals surface area contributed by atoms with Crippen molar-refractivity contribution in [1.82, 2.24) is 4.98 Å². The number of hydrogen-bond acceptors (Lipinski definition) is 7. The first-order valence-electron chi connectivity index (χ1n) is 8.53. The minimum absolute atomic E-state index is 0.121. The molecule has 0 radical (unpaired) electrons. The van der Waals surface area contributed by atoms with Crippen LogP contribution in [-0.2, 0) is 0 Å². The molecule has 1 unspecified atom stereocenters. The second-order valence-corrected chi connectivity index (χ2v) is 6.12. The summed E-state index contributed by atoms with van der Waals surface area (Å²) >= 11 is 0. The zero-order valence-corrected chi connectivity index (χ0v) is 15.1. The highest BCUT2D eigenvalue weighted by molar-refractivity contribution is 5.62. The molecule has 0 saturated heterocycles. The van der Waals surface area contributed by atoms with E-state index in [1.165, 1.54) is 7.11 Å². The molecule has 3 N–H and O–H groups in total. The summed E-state index contributed by atoms with van der Waals surface area (Å²) in [5.74, 6) is 1.06. The van der Waals surface area contributed by atoms with Crippen LogP contribution >= 0.6 is 0 Å². The predicted octanol–water partition coefficient (Wildman–Crippen LogP) is 3.42. The molecular weight excluding hydrogens is 332 g/mol. The standard InChI is InChI=1S/C19H22N4O3/c1-4-5-8-25-14-7-6-12(9-11(14)2)15-13(10-20)17(21)23-18-16(15)22-19(24-3)26-18/h6-7,9,15,23H,4-5,8,21H2,1-3H3. The molecule has 7 nitrogen and oxygen atoms in total. The summed E-state index contributed by atoms with van der Waals surface area (Å²) in [6.45, 7) is 4.79. The number of oxazole rings is 1. The minimum atomic E-state index is -0.424. The molecule has 3 rings (SSSR count). The molecule has 2 heterocycles. The van der Waals surface area contributed by atoms with E-state index < -0.39 is 5.92 Å². The van der Waals surface area contributed by atoms with Crippen molar-refractivity contribution in [3.63, 3.8) is 0 Å². The summed E-state index contributed by atoms with van der Waals surface area (Å²) in [4.78, 5) is 4.35. The topological polar surface area (TPSA) is 106 Å². The van der Waals surface area contributed by atoms with Crippen LogP contribution in [0.5, 0.6) is 11.8 Å². The highest BCUT2D eigenvalue weighted by atomic mass is 16.6. The van der Waals surface area contributed by atoms with Gasteiger partial charge in [-0.15, -0.1) is 0 Å². The average Bonchev–Trinajstić information content (AvgIpc) is 3.04. The lowest BCUT2D eigenvalue weighted by Crippen LogP contribution is -2.22. The molecule has 136 valence electrons. The molecule has 1 atom stereocenters. The SMILES string of the molecule is CCCCOc1ccc(C2C(C#N)=C(N)Nc3oc(OC)nc32)cc1C. The van der Waals surface area contributed by atoms with Gasteiger partial charge in [-0.2, -0.15) is 10.2 Å². The number of ether oxygens (including phenoxy) is 2. The molecule has 1 aromatic carbocycles. The molecule has 1 aliphatic rings. The van der Waals surface area contributed by atoms with E-state index in [1.807, 2.05) is 25.1 Å². The van der Waals surface area contributed by atoms with E-state index >= 15 is 0 Å². The summed E-state index contributed by atoms with van der Waals surface area (Å²) in [6.07, 6.45) is 2.21. The Morgan fingerprint density at radius 2 is 2.23 bits per heavy atom. The van der Waals surface area contributed by atoms with E-state index in [0.29, 0.717) is 23.8 Å². The molecule has 2 aromatic rings. The third kappa shape index (κ3) is 3.18. The number of aromatic nitrogens is 1. The van der Waals surface area contributed by atoms with Crippen LogP contribution in [0.15, 0.2) is 34.0 Å². The van der Waals surface area contributed by atoms with Gasteiger partial charge in [-0.05, 0) is 30.5 Å². The fourth-order valence-electron chi connectivity index (χ4n) is 2.96. The van der Waals surface area contributed by atoms with Gasteiger partial charge in [0.05, 0.1) is 31.3 Å². The maximum absolute atomic E-state index is 9.61. The smallest absolute Gasteiger partial charge is 0.395 e. The molecule has 0 fully saturated rings. The number of hydrogen-bond donors (Lipinski definition) is 2. The van der Waals surface area contributed by atoms with Crippen LogP contribution in [0.4, 0.5) is 5.88 Å². The van der Waals surface area contributed by atoms with E-state index in [-0.39, 0.29) is 11.9 Å². The normalized spacial score (nSPS) is 15.8. The van der Waals surface area contributed by atoms with Crippen molar-refractivity contribution in [3.05, 3.63) is 46.4 Å². The maximum Gasteiger partial charge on any atom is 0.395 e. The Morgan fingerprint density at radius 1 is 1.42 bits per heavy atom. The van der Waals surface area contributed by atoms with Gasteiger partial charge in [0.15, 0.2) is 0 Å². The number of nitriles is 1. The van der Waals surface area contributed by atoms with Crippen LogP contribution in [-0.4, -0.2) is 18.7 Å². The number of allylic oxidation sites excluding steroid dienone is 1. The van der Waals surface area contributed by atoms with E-state index in [9.17, 15) is 5.26 Å². The number of aryl methyl sites for hydroxylation is 1. The molecule has 0 amide bonds. The lowest BCUT2D eigenvalue weighted by Gasteiger charge is -2.23. The van der Waals surface area contributed by atoms with Crippen molar-refractivity contribution >= 4 is 5.88 Å². The minimum Gasteiger partial charge on any atom is -0.493 e. The number of nitrogens with two attached hydrogens (primary N) is 1. The quantitative estimate of drug-likeness (QED) is 0.765. The first kappa shape index (κ1) is 17.7. The summed E-state index contributed by atoms with van der Waals surface area (Å²) < 4.78 is 16.4. The average molecular weight is 354 g/mol. The second kappa shape index (κ2) is 7.40. The Morgan fingerprint density at radius 3 is 2.88 bits per heavy atom. The fraction of sp³-hybridized carbons (Fsp3) is 0.368. The number of nitrogens with zero attached hydrogens (tertiary/aromatic N) is 2. The molecule has 1 aliphatic heterocycles. The maximum atomic E-state index is 9.61. The molecule has 0 aliphatic carbocycles. The second-order valence-electron chi connectivity index (χ2n) is 6.12. The number of methoxy groups -OCH3 is 1. The zero-order chi connectivity index (χ0) is 18.7. The number of nitrogens with one attached hydrogen (secondary N) is 1. The van der Waals surface area contributed by atoms with E-state index in [2.05, 4.69) is 23.3 Å². The number of unbranched alkanes of at least 4 members (excludes halogenated alkanes) is 1. The van der Waals surface area contributed by atoms with Crippen LogP contribution in [0.25, 0.3) is 0 Å². The van der Waals surface area contributed by atoms with Gasteiger partial charge in [-0.3, -0.25) is 0 Å². The molecule has 0 saturated carbocycles. The van der Waals surface area contributed by atoms with Crippen LogP contribution in [0.3, 0.4) is 0 Å². The Labute approximate surface area is 152 Å². The Kier molecular flexibility index (Phi) is 5.03. The monoisotopic (exact) mass is 354 g/mol. The Hall–Kier alpha value is -3.14. The van der Waals surface area contributed by atoms with Gasteiger partial charge in [0, 0.05) is 0 Å². The van der Waals surface area contributed by atoms with Gasteiger partial charge in [-0.25, -0.2) is 0 Å². The number of benzene rings is 1. The van der Waals surface area contributed by atoms with Gasteiger partial charge < -0.3 is 24.9 Å². The van der Waals surface area contributed by atoms with Gasteiger partial charge in [-0.1, -0.05) is 25.5 Å². The van der Waals surface area contributed by atoms with E-state index in [4.69, 9.17) is 19.6 Å². The molecule has 1 aromatic heterocycles. The van der Waals surface area contributed by atoms with Gasteiger partial charge in [0.25, 0.3) is 0 Å². The fourth-order valence-corrected chi connectivity index (χ4v) is 2.96. The third-order valence-electron chi connectivity index (χ3n) is 4.32. The van der Waals surface area contributed by atoms with E-state index in [0.717, 1.165) is 29.7 Å². The number of anilines is 1. The van der Waals surface area contributed by atoms with Gasteiger partial charge >= 0.3 is 6.08 Å². The number of rotatable bonds is 6. The Bertz CT molecular complexity index is 879. The van der Waals surface area contributed by atoms with Crippen LogP contribution < -0.4 is 20.5 Å². The van der Waals surface area contributed by atoms with Crippen molar-refractivity contribution < 1.29 is 13.9 Å². The largest absolute Gasteiger partial charge is 0.493 e. The molecule has 0 spiro atoms. The Balaban J connectivity index is 2.00. The first-order chi connectivity index (χ1) is 12.6. The van der Waals surface area contributed by atoms with Crippen molar-refractivity contribution in [1.29, 1.82) is 5.26 Å². The van der Waals surface area contributed by atoms with Crippen molar-refractivity contribution in [2.75, 3.05) is 19.0 Å². The lowest BCUT2D eigenvalue weighted by atomic mass is 9.86. The van der Waals surface area contributed by atoms with Crippen molar-refractivity contribution in [3.8, 4) is 17.9 Å². The lowest BCUT2D eigenvalue weighted by molar-refractivity contribution is 0.294. The van der Waals surface area contributed by atoms with Gasteiger partial charge in [0.1, 0.15) is 17.3 Å². The predicted molar refractivity (Wildman–Crippen MR) is 96.9 cm³/mol. The zero-order valence-electron chi connectivity index (χ0n) is 15.1. The summed E-state index contributed by atoms with van der Waals surface area (Å²) in [7, 11) is 1.47. The van der Waals surface area contributed by atoms with Crippen molar-refractivity contribution in [2.24, 2.45) is 5.73 Å².